The van der Waals surface area contributed by atoms with Crippen molar-refractivity contribution < 1.29 is 0 Å². The van der Waals surface area contributed by atoms with E-state index in [0.717, 1.165) is 16.5 Å². The van der Waals surface area contributed by atoms with Gasteiger partial charge >= 0.3 is 0 Å². The zero-order valence-corrected chi connectivity index (χ0v) is 8.96. The van der Waals surface area contributed by atoms with Crippen LogP contribution in [0, 0.1) is 0 Å². The van der Waals surface area contributed by atoms with Gasteiger partial charge in [0.1, 0.15) is 0 Å². The molecule has 0 bridgehead atoms. The van der Waals surface area contributed by atoms with Gasteiger partial charge in [-0.25, -0.2) is 0 Å². The largest absolute Gasteiger partial charge is 0.369 e. The Bertz CT molecular complexity index is 561. The minimum Gasteiger partial charge on any atom is -0.369 e. The molecule has 1 aromatic heterocycles. The normalized spacial score (nSPS) is 11.1. The molecule has 0 saturated heterocycles. The Morgan fingerprint density at radius 2 is 2.06 bits per heavy atom. The Labute approximate surface area is 93.1 Å². The van der Waals surface area contributed by atoms with Crippen LogP contribution in [0.4, 0.5) is 0 Å². The van der Waals surface area contributed by atoms with E-state index in [0.29, 0.717) is 0 Å². The molecular formula is C11H13N5. The maximum absolute atomic E-state index is 5.18. The monoisotopic (exact) mass is 215 g/mol. The Balaban J connectivity index is 2.46. The van der Waals surface area contributed by atoms with Crippen LogP contribution in [0.1, 0.15) is 5.56 Å². The number of hydrogen-bond acceptors (Lipinski definition) is 2. The lowest BCUT2D eigenvalue weighted by Crippen LogP contribution is -2.21. The van der Waals surface area contributed by atoms with Crippen molar-refractivity contribution in [2.24, 2.45) is 28.7 Å². The highest BCUT2D eigenvalue weighted by molar-refractivity contribution is 5.99. The predicted molar refractivity (Wildman–Crippen MR) is 66.3 cm³/mol. The van der Waals surface area contributed by atoms with Crippen molar-refractivity contribution in [3.63, 3.8) is 0 Å². The van der Waals surface area contributed by atoms with E-state index in [1.54, 1.807) is 6.21 Å². The number of nitrogens with zero attached hydrogens (tertiary/aromatic N) is 3. The molecule has 5 heteroatoms. The number of guanidine groups is 1. The van der Waals surface area contributed by atoms with Crippen molar-refractivity contribution in [3.8, 4) is 0 Å². The summed E-state index contributed by atoms with van der Waals surface area (Å²) in [7, 11) is 1.99. The van der Waals surface area contributed by atoms with Gasteiger partial charge in [0.05, 0.1) is 6.21 Å². The molecule has 0 amide bonds. The van der Waals surface area contributed by atoms with Crippen LogP contribution in [0.3, 0.4) is 0 Å². The summed E-state index contributed by atoms with van der Waals surface area (Å²) in [5, 5.41) is 8.50. The van der Waals surface area contributed by atoms with E-state index in [2.05, 4.69) is 10.2 Å². The number of benzene rings is 1. The van der Waals surface area contributed by atoms with Crippen molar-refractivity contribution >= 4 is 23.1 Å². The molecule has 0 aliphatic rings. The minimum absolute atomic E-state index is 0.0449. The molecule has 4 N–H and O–H groups in total. The minimum atomic E-state index is -0.0449. The number of fused-ring (bicyclic) bond motifs is 1. The van der Waals surface area contributed by atoms with Crippen LogP contribution in [-0.2, 0) is 7.05 Å². The molecule has 5 nitrogen and oxygen atoms in total. The topological polar surface area (TPSA) is 81.7 Å². The second kappa shape index (κ2) is 4.06. The number of hydrogen-bond donors (Lipinski definition) is 2. The van der Waals surface area contributed by atoms with Crippen LogP contribution in [0.2, 0.25) is 0 Å². The van der Waals surface area contributed by atoms with E-state index >= 15 is 0 Å². The molecule has 0 spiro atoms. The first-order chi connectivity index (χ1) is 7.68. The van der Waals surface area contributed by atoms with Crippen molar-refractivity contribution in [1.29, 1.82) is 0 Å². The van der Waals surface area contributed by atoms with Crippen molar-refractivity contribution in [3.05, 3.63) is 36.0 Å². The lowest BCUT2D eigenvalue weighted by molar-refractivity contribution is 0.968. The molecule has 1 heterocycles. The standard InChI is InChI=1S/C11H13N5/c1-16-7-8(6-14-15-11(12)13)9-4-2-3-5-10(9)16/h2-7H,1H3,(H4,12,13,15)/b14-6-. The van der Waals surface area contributed by atoms with Crippen LogP contribution < -0.4 is 11.5 Å². The van der Waals surface area contributed by atoms with Gasteiger partial charge in [0, 0.05) is 29.7 Å². The summed E-state index contributed by atoms with van der Waals surface area (Å²) in [6, 6.07) is 8.07. The lowest BCUT2D eigenvalue weighted by atomic mass is 10.2. The van der Waals surface area contributed by atoms with Gasteiger partial charge in [0.2, 0.25) is 5.96 Å². The Kier molecular flexibility index (Phi) is 2.59. The fraction of sp³-hybridized carbons (Fsp3) is 0.0909. The Hall–Kier alpha value is -2.30. The SMILES string of the molecule is Cn1cc(/C=N\N=C(N)N)c2ccccc21. The van der Waals surface area contributed by atoms with Gasteiger partial charge in [-0.3, -0.25) is 0 Å². The van der Waals surface area contributed by atoms with Crippen LogP contribution in [-0.4, -0.2) is 16.7 Å². The molecule has 0 atom stereocenters. The third-order valence-electron chi connectivity index (χ3n) is 2.30. The number of aromatic nitrogens is 1. The number of nitrogens with two attached hydrogens (primary N) is 2. The molecule has 2 aromatic rings. The van der Waals surface area contributed by atoms with E-state index in [4.69, 9.17) is 11.5 Å². The molecule has 0 radical (unpaired) electrons. The van der Waals surface area contributed by atoms with Crippen LogP contribution in [0.25, 0.3) is 10.9 Å². The fourth-order valence-corrected chi connectivity index (χ4v) is 1.63. The smallest absolute Gasteiger partial charge is 0.211 e. The lowest BCUT2D eigenvalue weighted by Gasteiger charge is -1.92. The van der Waals surface area contributed by atoms with Gasteiger partial charge in [-0.2, -0.15) is 5.10 Å². The second-order valence-electron chi connectivity index (χ2n) is 3.48. The molecule has 0 saturated carbocycles. The first-order valence-corrected chi connectivity index (χ1v) is 4.84. The van der Waals surface area contributed by atoms with Crippen LogP contribution in [0.5, 0.6) is 0 Å². The highest BCUT2D eigenvalue weighted by Gasteiger charge is 2.02. The van der Waals surface area contributed by atoms with Gasteiger partial charge in [-0.15, -0.1) is 5.10 Å². The van der Waals surface area contributed by atoms with E-state index in [1.165, 1.54) is 0 Å². The highest BCUT2D eigenvalue weighted by Crippen LogP contribution is 2.18. The molecule has 0 fully saturated rings. The molecule has 16 heavy (non-hydrogen) atoms. The van der Waals surface area contributed by atoms with Gasteiger partial charge in [-0.1, -0.05) is 18.2 Å². The van der Waals surface area contributed by atoms with Gasteiger partial charge in [0.25, 0.3) is 0 Å². The molecule has 2 rings (SSSR count). The third-order valence-corrected chi connectivity index (χ3v) is 2.30. The Morgan fingerprint density at radius 1 is 1.31 bits per heavy atom. The average Bonchev–Trinajstić information content (AvgIpc) is 2.57. The summed E-state index contributed by atoms with van der Waals surface area (Å²) in [4.78, 5) is 0. The third kappa shape index (κ3) is 1.88. The molecule has 82 valence electrons. The summed E-state index contributed by atoms with van der Waals surface area (Å²) in [5.74, 6) is -0.0449. The van der Waals surface area contributed by atoms with Crippen LogP contribution in [0.15, 0.2) is 40.7 Å². The zero-order chi connectivity index (χ0) is 11.5. The summed E-state index contributed by atoms with van der Waals surface area (Å²) in [6.07, 6.45) is 3.62. The first kappa shape index (κ1) is 10.2. The summed E-state index contributed by atoms with van der Waals surface area (Å²) in [6.45, 7) is 0. The number of rotatable bonds is 2. The summed E-state index contributed by atoms with van der Waals surface area (Å²) in [5.41, 5.74) is 12.5. The molecule has 0 aliphatic heterocycles. The van der Waals surface area contributed by atoms with Crippen molar-refractivity contribution in [2.45, 2.75) is 0 Å². The fourth-order valence-electron chi connectivity index (χ4n) is 1.63. The van der Waals surface area contributed by atoms with Crippen LogP contribution >= 0.6 is 0 Å². The molecule has 0 aliphatic carbocycles. The predicted octanol–water partition coefficient (Wildman–Crippen LogP) is 0.786. The van der Waals surface area contributed by atoms with E-state index in [1.807, 2.05) is 42.1 Å². The molecular weight excluding hydrogens is 202 g/mol. The first-order valence-electron chi connectivity index (χ1n) is 4.84. The molecule has 0 unspecified atom stereocenters. The van der Waals surface area contributed by atoms with Gasteiger partial charge in [0.15, 0.2) is 0 Å². The molecule has 1 aromatic carbocycles. The average molecular weight is 215 g/mol. The van der Waals surface area contributed by atoms with E-state index in [-0.39, 0.29) is 5.96 Å². The van der Waals surface area contributed by atoms with E-state index in [9.17, 15) is 0 Å². The maximum Gasteiger partial charge on any atom is 0.211 e. The summed E-state index contributed by atoms with van der Waals surface area (Å²) < 4.78 is 2.03. The Morgan fingerprint density at radius 3 is 2.81 bits per heavy atom. The second-order valence-corrected chi connectivity index (χ2v) is 3.48. The van der Waals surface area contributed by atoms with Gasteiger partial charge in [-0.05, 0) is 6.07 Å². The number of para-hydroxylation sites is 1. The number of aryl methyl sites for hydroxylation is 1. The van der Waals surface area contributed by atoms with Crippen molar-refractivity contribution in [1.82, 2.24) is 4.57 Å². The highest BCUT2D eigenvalue weighted by atomic mass is 15.3. The quantitative estimate of drug-likeness (QED) is 0.441. The van der Waals surface area contributed by atoms with Crippen molar-refractivity contribution in [2.75, 3.05) is 0 Å². The van der Waals surface area contributed by atoms with Gasteiger partial charge < -0.3 is 16.0 Å². The zero-order valence-electron chi connectivity index (χ0n) is 8.96. The summed E-state index contributed by atoms with van der Waals surface area (Å²) >= 11 is 0. The maximum atomic E-state index is 5.18. The van der Waals surface area contributed by atoms with E-state index < -0.39 is 0 Å².